The van der Waals surface area contributed by atoms with E-state index in [4.69, 9.17) is 0 Å². The van der Waals surface area contributed by atoms with Gasteiger partial charge in [-0.1, -0.05) is 61.3 Å². The summed E-state index contributed by atoms with van der Waals surface area (Å²) in [6, 6.07) is 4.34. The normalized spacial score (nSPS) is 12.6. The minimum Gasteiger partial charge on any atom is -0.289 e. The van der Waals surface area contributed by atoms with E-state index in [1.165, 1.54) is 4.90 Å². The van der Waals surface area contributed by atoms with Gasteiger partial charge in [-0.15, -0.1) is 11.8 Å². The number of aryl methyl sites for hydroxylation is 2. The Labute approximate surface area is 154 Å². The van der Waals surface area contributed by atoms with Crippen molar-refractivity contribution < 1.29 is 5.11 Å². The average molecular weight is 350 g/mol. The van der Waals surface area contributed by atoms with Gasteiger partial charge in [0, 0.05) is 20.8 Å². The third-order valence-corrected chi connectivity index (χ3v) is 5.33. The zero-order valence-electron chi connectivity index (χ0n) is 16.9. The summed E-state index contributed by atoms with van der Waals surface area (Å²) in [5.74, 6) is 0.301. The molecule has 1 rings (SSSR count). The van der Waals surface area contributed by atoms with E-state index >= 15 is 0 Å². The van der Waals surface area contributed by atoms with Crippen LogP contribution >= 0.6 is 11.8 Å². The SMILES string of the molecule is CCCCc1cc(SC(C)(C)CC(C)(C)C)cc(CCCC)c1[O]. The smallest absolute Gasteiger partial charge is 0.185 e. The molecule has 0 bridgehead atoms. The summed E-state index contributed by atoms with van der Waals surface area (Å²) in [5, 5.41) is 12.7. The van der Waals surface area contributed by atoms with Gasteiger partial charge in [0.1, 0.15) is 0 Å². The van der Waals surface area contributed by atoms with Crippen LogP contribution in [0.15, 0.2) is 17.0 Å². The van der Waals surface area contributed by atoms with Gasteiger partial charge >= 0.3 is 0 Å². The molecule has 0 N–H and O–H groups in total. The lowest BCUT2D eigenvalue weighted by molar-refractivity contribution is 0.339. The maximum atomic E-state index is 12.7. The molecule has 0 unspecified atom stereocenters. The second-order valence-electron chi connectivity index (χ2n) is 8.88. The van der Waals surface area contributed by atoms with Crippen LogP contribution in [0.5, 0.6) is 5.75 Å². The van der Waals surface area contributed by atoms with Gasteiger partial charge in [0.05, 0.1) is 0 Å². The van der Waals surface area contributed by atoms with Crippen LogP contribution in [0.2, 0.25) is 0 Å². The van der Waals surface area contributed by atoms with Gasteiger partial charge in [-0.2, -0.15) is 0 Å². The number of unbranched alkanes of at least 4 members (excludes halogenated alkanes) is 2. The van der Waals surface area contributed by atoms with Crippen LogP contribution < -0.4 is 0 Å². The summed E-state index contributed by atoms with van der Waals surface area (Å²) in [4.78, 5) is 1.28. The molecule has 1 aromatic carbocycles. The van der Waals surface area contributed by atoms with Gasteiger partial charge in [0.2, 0.25) is 0 Å². The largest absolute Gasteiger partial charge is 0.289 e. The molecular weight excluding hydrogens is 312 g/mol. The first-order valence-corrected chi connectivity index (χ1v) is 10.4. The number of thioether (sulfide) groups is 1. The fourth-order valence-electron chi connectivity index (χ4n) is 3.52. The molecule has 2 heteroatoms. The zero-order chi connectivity index (χ0) is 18.4. The topological polar surface area (TPSA) is 19.9 Å². The van der Waals surface area contributed by atoms with Crippen LogP contribution in [-0.4, -0.2) is 4.75 Å². The standard InChI is InChI=1S/C22H37OS/c1-8-10-12-17-14-19(15-18(20(17)23)13-11-9-2)24-22(6,7)16-21(3,4)5/h14-15H,8-13,16H2,1-7H3. The molecule has 1 radical (unpaired) electrons. The fourth-order valence-corrected chi connectivity index (χ4v) is 5.07. The molecule has 0 heterocycles. The third-order valence-electron chi connectivity index (χ3n) is 4.17. The Kier molecular flexibility index (Phi) is 8.19. The lowest BCUT2D eigenvalue weighted by Crippen LogP contribution is -2.23. The van der Waals surface area contributed by atoms with Gasteiger partial charge in [0.25, 0.3) is 0 Å². The highest BCUT2D eigenvalue weighted by Crippen LogP contribution is 2.43. The first-order chi connectivity index (χ1) is 11.1. The minimum atomic E-state index is 0.173. The average Bonchev–Trinajstić information content (AvgIpc) is 2.43. The van der Waals surface area contributed by atoms with Crippen molar-refractivity contribution in [2.24, 2.45) is 5.41 Å². The Morgan fingerprint density at radius 1 is 0.875 bits per heavy atom. The molecule has 137 valence electrons. The van der Waals surface area contributed by atoms with Crippen molar-refractivity contribution in [1.29, 1.82) is 0 Å². The first kappa shape index (κ1) is 21.4. The number of rotatable bonds is 9. The summed E-state index contributed by atoms with van der Waals surface area (Å²) >= 11 is 1.94. The molecule has 0 spiro atoms. The van der Waals surface area contributed by atoms with Crippen LogP contribution in [0.1, 0.15) is 91.7 Å². The van der Waals surface area contributed by atoms with Crippen LogP contribution in [-0.2, 0) is 17.9 Å². The Bertz CT molecular complexity index is 482. The molecule has 0 atom stereocenters. The maximum absolute atomic E-state index is 12.7. The van der Waals surface area contributed by atoms with Crippen molar-refractivity contribution >= 4 is 11.8 Å². The molecule has 24 heavy (non-hydrogen) atoms. The van der Waals surface area contributed by atoms with Crippen molar-refractivity contribution in [2.45, 2.75) is 103 Å². The monoisotopic (exact) mass is 349 g/mol. The third kappa shape index (κ3) is 7.51. The number of benzene rings is 1. The highest BCUT2D eigenvalue weighted by atomic mass is 32.2. The quantitative estimate of drug-likeness (QED) is 0.416. The van der Waals surface area contributed by atoms with Gasteiger partial charge in [-0.3, -0.25) is 5.11 Å². The van der Waals surface area contributed by atoms with Crippen molar-refractivity contribution in [3.63, 3.8) is 0 Å². The van der Waals surface area contributed by atoms with E-state index in [-0.39, 0.29) is 4.75 Å². The molecule has 1 nitrogen and oxygen atoms in total. The molecule has 0 aliphatic heterocycles. The zero-order valence-corrected chi connectivity index (χ0v) is 17.7. The van der Waals surface area contributed by atoms with E-state index < -0.39 is 0 Å². The van der Waals surface area contributed by atoms with E-state index in [1.54, 1.807) is 0 Å². The molecule has 0 aliphatic carbocycles. The summed E-state index contributed by atoms with van der Waals surface area (Å²) in [5.41, 5.74) is 2.37. The molecule has 0 aromatic heterocycles. The first-order valence-electron chi connectivity index (χ1n) is 9.60. The molecule has 0 saturated carbocycles. The van der Waals surface area contributed by atoms with E-state index in [9.17, 15) is 5.11 Å². The fraction of sp³-hybridized carbons (Fsp3) is 0.727. The summed E-state index contributed by atoms with van der Waals surface area (Å²) in [6.07, 6.45) is 7.46. The van der Waals surface area contributed by atoms with Crippen molar-refractivity contribution in [2.75, 3.05) is 0 Å². The molecule has 0 amide bonds. The van der Waals surface area contributed by atoms with Crippen LogP contribution in [0, 0.1) is 5.41 Å². The van der Waals surface area contributed by atoms with Crippen molar-refractivity contribution in [3.05, 3.63) is 23.3 Å². The predicted octanol–water partition coefficient (Wildman–Crippen LogP) is 7.82. The highest BCUT2D eigenvalue weighted by Gasteiger charge is 2.27. The molecule has 0 saturated heterocycles. The lowest BCUT2D eigenvalue weighted by Gasteiger charge is -2.32. The van der Waals surface area contributed by atoms with Crippen LogP contribution in [0.4, 0.5) is 0 Å². The second kappa shape index (κ2) is 9.17. The van der Waals surface area contributed by atoms with Crippen molar-refractivity contribution in [3.8, 4) is 5.75 Å². The van der Waals surface area contributed by atoms with E-state index in [0.29, 0.717) is 11.2 Å². The number of hydrogen-bond donors (Lipinski definition) is 0. The van der Waals surface area contributed by atoms with Gasteiger partial charge < -0.3 is 0 Å². The second-order valence-corrected chi connectivity index (χ2v) is 10.7. The van der Waals surface area contributed by atoms with E-state index in [0.717, 1.165) is 56.1 Å². The summed E-state index contributed by atoms with van der Waals surface area (Å²) < 4.78 is 0.173. The summed E-state index contributed by atoms with van der Waals surface area (Å²) in [7, 11) is 0. The van der Waals surface area contributed by atoms with Crippen molar-refractivity contribution in [1.82, 2.24) is 0 Å². The van der Waals surface area contributed by atoms with Crippen LogP contribution in [0.25, 0.3) is 0 Å². The molecule has 0 fully saturated rings. The van der Waals surface area contributed by atoms with Gasteiger partial charge in [-0.25, -0.2) is 0 Å². The molecule has 0 aliphatic rings. The highest BCUT2D eigenvalue weighted by molar-refractivity contribution is 8.00. The maximum Gasteiger partial charge on any atom is 0.185 e. The van der Waals surface area contributed by atoms with Crippen LogP contribution in [0.3, 0.4) is 0 Å². The molecular formula is C22H37OS. The minimum absolute atomic E-state index is 0.173. The summed E-state index contributed by atoms with van der Waals surface area (Å²) in [6.45, 7) is 15.9. The Hall–Kier alpha value is -0.630. The molecule has 1 aromatic rings. The van der Waals surface area contributed by atoms with E-state index in [2.05, 4.69) is 60.6 Å². The Morgan fingerprint density at radius 2 is 1.33 bits per heavy atom. The Balaban J connectivity index is 3.07. The number of hydrogen-bond acceptors (Lipinski definition) is 1. The predicted molar refractivity (Wildman–Crippen MR) is 108 cm³/mol. The lowest BCUT2D eigenvalue weighted by atomic mass is 9.86. The van der Waals surface area contributed by atoms with E-state index in [1.807, 2.05) is 11.8 Å². The Morgan fingerprint density at radius 3 is 1.71 bits per heavy atom. The van der Waals surface area contributed by atoms with Gasteiger partial charge in [0.15, 0.2) is 5.75 Å². The van der Waals surface area contributed by atoms with Gasteiger partial charge in [-0.05, 0) is 49.7 Å².